The van der Waals surface area contributed by atoms with Gasteiger partial charge in [0.05, 0.1) is 34.5 Å². The summed E-state index contributed by atoms with van der Waals surface area (Å²) in [5.41, 5.74) is 4.95. The van der Waals surface area contributed by atoms with E-state index in [0.29, 0.717) is 43.6 Å². The average Bonchev–Trinajstić information content (AvgIpc) is 2.76. The maximum Gasteiger partial charge on any atom is 0.269 e. The molecule has 1 fully saturated rings. The lowest BCUT2D eigenvalue weighted by Gasteiger charge is -2.27. The molecule has 1 aliphatic heterocycles. The first-order chi connectivity index (χ1) is 14.4. The number of nitrogens with one attached hydrogen (secondary N) is 2. The molecule has 0 radical (unpaired) electrons. The van der Waals surface area contributed by atoms with Gasteiger partial charge in [-0.1, -0.05) is 6.92 Å². The smallest absolute Gasteiger partial charge is 0.269 e. The van der Waals surface area contributed by atoms with E-state index in [1.165, 1.54) is 33.5 Å². The van der Waals surface area contributed by atoms with Gasteiger partial charge in [0.2, 0.25) is 17.6 Å². The van der Waals surface area contributed by atoms with Crippen molar-refractivity contribution in [3.63, 3.8) is 0 Å². The third-order valence-electron chi connectivity index (χ3n) is 4.66. The highest BCUT2D eigenvalue weighted by Gasteiger charge is 2.21. The van der Waals surface area contributed by atoms with Crippen LogP contribution in [0.15, 0.2) is 12.1 Å². The summed E-state index contributed by atoms with van der Waals surface area (Å²) in [6.45, 7) is 4.03. The second-order valence-electron chi connectivity index (χ2n) is 6.92. The Kier molecular flexibility index (Phi) is 8.72. The zero-order valence-electron chi connectivity index (χ0n) is 17.8. The summed E-state index contributed by atoms with van der Waals surface area (Å²) in [7, 11) is 4.35. The fourth-order valence-electron chi connectivity index (χ4n) is 3.09. The van der Waals surface area contributed by atoms with Gasteiger partial charge in [0.15, 0.2) is 11.5 Å². The van der Waals surface area contributed by atoms with E-state index in [1.54, 1.807) is 4.90 Å². The number of amides is 3. The molecule has 1 heterocycles. The highest BCUT2D eigenvalue weighted by molar-refractivity contribution is 5.96. The topological polar surface area (TPSA) is 115 Å². The van der Waals surface area contributed by atoms with Gasteiger partial charge in [-0.05, 0) is 18.1 Å². The molecular formula is C20H29N3O7. The number of hydrogen-bond acceptors (Lipinski definition) is 7. The first-order valence-electron chi connectivity index (χ1n) is 9.64. The number of hydrogen-bond donors (Lipinski definition) is 2. The molecule has 1 aliphatic rings. The standard InChI is InChI=1S/C20H29N3O7/c1-13(10-18(25)23-5-7-30-8-6-23)9-17(24)21-22-20(26)14-11-15(27-2)19(29-4)16(12-14)28-3/h11-13H,5-10H2,1-4H3,(H,21,24)(H,22,26). The summed E-state index contributed by atoms with van der Waals surface area (Å²) in [5, 5.41) is 0. The Morgan fingerprint density at radius 3 is 2.13 bits per heavy atom. The molecule has 1 saturated heterocycles. The molecule has 1 aromatic carbocycles. The Hall–Kier alpha value is -3.01. The largest absolute Gasteiger partial charge is 0.493 e. The predicted octanol–water partition coefficient (Wildman–Crippen LogP) is 0.749. The number of carbonyl (C=O) groups excluding carboxylic acids is 3. The molecule has 0 saturated carbocycles. The minimum Gasteiger partial charge on any atom is -0.493 e. The minimum absolute atomic E-state index is 0.0000541. The van der Waals surface area contributed by atoms with E-state index in [2.05, 4.69) is 10.9 Å². The van der Waals surface area contributed by atoms with Crippen LogP contribution in [0.3, 0.4) is 0 Å². The van der Waals surface area contributed by atoms with Gasteiger partial charge in [0, 0.05) is 31.5 Å². The summed E-state index contributed by atoms with van der Waals surface area (Å²) in [5.74, 6) is -0.0947. The molecule has 0 aromatic heterocycles. The van der Waals surface area contributed by atoms with Crippen LogP contribution in [0.1, 0.15) is 30.1 Å². The third kappa shape index (κ3) is 6.24. The average molecular weight is 423 g/mol. The normalized spacial score (nSPS) is 14.5. The summed E-state index contributed by atoms with van der Waals surface area (Å²) >= 11 is 0. The van der Waals surface area contributed by atoms with Crippen molar-refractivity contribution in [1.29, 1.82) is 0 Å². The fourth-order valence-corrected chi connectivity index (χ4v) is 3.09. The Morgan fingerprint density at radius 2 is 1.60 bits per heavy atom. The van der Waals surface area contributed by atoms with Crippen molar-refractivity contribution in [3.05, 3.63) is 17.7 Å². The van der Waals surface area contributed by atoms with Gasteiger partial charge >= 0.3 is 0 Å². The van der Waals surface area contributed by atoms with Crippen molar-refractivity contribution in [2.45, 2.75) is 19.8 Å². The number of carbonyl (C=O) groups is 3. The van der Waals surface area contributed by atoms with Crippen LogP contribution in [0.4, 0.5) is 0 Å². The van der Waals surface area contributed by atoms with Gasteiger partial charge < -0.3 is 23.8 Å². The van der Waals surface area contributed by atoms with Gasteiger partial charge in [-0.25, -0.2) is 0 Å². The lowest BCUT2D eigenvalue weighted by molar-refractivity contribution is -0.136. The van der Waals surface area contributed by atoms with Gasteiger partial charge in [0.25, 0.3) is 5.91 Å². The van der Waals surface area contributed by atoms with Crippen LogP contribution >= 0.6 is 0 Å². The summed E-state index contributed by atoms with van der Waals surface area (Å²) < 4.78 is 20.9. The molecule has 10 heteroatoms. The Morgan fingerprint density at radius 1 is 1.00 bits per heavy atom. The number of rotatable bonds is 8. The van der Waals surface area contributed by atoms with E-state index in [0.717, 1.165) is 0 Å². The molecule has 0 aliphatic carbocycles. The van der Waals surface area contributed by atoms with E-state index >= 15 is 0 Å². The Bertz CT molecular complexity index is 738. The minimum atomic E-state index is -0.542. The maximum absolute atomic E-state index is 12.4. The molecule has 1 atom stereocenters. The van der Waals surface area contributed by atoms with Crippen LogP contribution in [0.2, 0.25) is 0 Å². The van der Waals surface area contributed by atoms with E-state index in [4.69, 9.17) is 18.9 Å². The molecule has 0 bridgehead atoms. The second kappa shape index (κ2) is 11.2. The molecule has 0 spiro atoms. The van der Waals surface area contributed by atoms with Crippen LogP contribution < -0.4 is 25.1 Å². The lowest BCUT2D eigenvalue weighted by Crippen LogP contribution is -2.43. The number of benzene rings is 1. The Balaban J connectivity index is 1.86. The van der Waals surface area contributed by atoms with Crippen LogP contribution in [0.5, 0.6) is 17.2 Å². The monoisotopic (exact) mass is 423 g/mol. The van der Waals surface area contributed by atoms with Crippen molar-refractivity contribution >= 4 is 17.7 Å². The van der Waals surface area contributed by atoms with Crippen molar-refractivity contribution in [2.24, 2.45) is 5.92 Å². The number of nitrogens with zero attached hydrogens (tertiary/aromatic N) is 1. The fraction of sp³-hybridized carbons (Fsp3) is 0.550. The van der Waals surface area contributed by atoms with E-state index in [9.17, 15) is 14.4 Å². The summed E-state index contributed by atoms with van der Waals surface area (Å²) in [4.78, 5) is 38.5. The summed E-state index contributed by atoms with van der Waals surface area (Å²) in [6, 6.07) is 2.96. The molecule has 2 rings (SSSR count). The summed E-state index contributed by atoms with van der Waals surface area (Å²) in [6.07, 6.45) is 0.361. The van der Waals surface area contributed by atoms with Crippen LogP contribution in [-0.2, 0) is 14.3 Å². The van der Waals surface area contributed by atoms with E-state index < -0.39 is 11.8 Å². The van der Waals surface area contributed by atoms with Gasteiger partial charge in [-0.15, -0.1) is 0 Å². The highest BCUT2D eigenvalue weighted by Crippen LogP contribution is 2.38. The number of hydrazine groups is 1. The number of morpholine rings is 1. The predicted molar refractivity (Wildman–Crippen MR) is 108 cm³/mol. The second-order valence-corrected chi connectivity index (χ2v) is 6.92. The van der Waals surface area contributed by atoms with Gasteiger partial charge in [-0.2, -0.15) is 0 Å². The third-order valence-corrected chi connectivity index (χ3v) is 4.66. The molecule has 166 valence electrons. The lowest BCUT2D eigenvalue weighted by atomic mass is 10.0. The molecular weight excluding hydrogens is 394 g/mol. The molecule has 10 nitrogen and oxygen atoms in total. The van der Waals surface area contributed by atoms with Crippen molar-refractivity contribution < 1.29 is 33.3 Å². The number of methoxy groups -OCH3 is 3. The van der Waals surface area contributed by atoms with Crippen molar-refractivity contribution in [1.82, 2.24) is 15.8 Å². The van der Waals surface area contributed by atoms with Crippen molar-refractivity contribution in [3.8, 4) is 17.2 Å². The van der Waals surface area contributed by atoms with E-state index in [-0.39, 0.29) is 30.2 Å². The van der Waals surface area contributed by atoms with Crippen LogP contribution in [0, 0.1) is 5.92 Å². The molecule has 1 aromatic rings. The van der Waals surface area contributed by atoms with Crippen LogP contribution in [0.25, 0.3) is 0 Å². The van der Waals surface area contributed by atoms with Crippen molar-refractivity contribution in [2.75, 3.05) is 47.6 Å². The number of ether oxygens (including phenoxy) is 4. The maximum atomic E-state index is 12.4. The first kappa shape index (κ1) is 23.3. The SMILES string of the molecule is COc1cc(C(=O)NNC(=O)CC(C)CC(=O)N2CCOCC2)cc(OC)c1OC. The molecule has 30 heavy (non-hydrogen) atoms. The van der Waals surface area contributed by atoms with Crippen LogP contribution in [-0.4, -0.2) is 70.3 Å². The van der Waals surface area contributed by atoms with Gasteiger partial charge in [-0.3, -0.25) is 25.2 Å². The van der Waals surface area contributed by atoms with E-state index in [1.807, 2.05) is 6.92 Å². The molecule has 2 N–H and O–H groups in total. The zero-order valence-corrected chi connectivity index (χ0v) is 17.8. The van der Waals surface area contributed by atoms with Gasteiger partial charge in [0.1, 0.15) is 0 Å². The Labute approximate surface area is 175 Å². The first-order valence-corrected chi connectivity index (χ1v) is 9.64. The molecule has 3 amide bonds. The zero-order chi connectivity index (χ0) is 22.1. The molecule has 1 unspecified atom stereocenters. The quantitative estimate of drug-likeness (QED) is 0.593. The highest BCUT2D eigenvalue weighted by atomic mass is 16.5.